The summed E-state index contributed by atoms with van der Waals surface area (Å²) in [5.74, 6) is 1.26. The second kappa shape index (κ2) is 5.91. The van der Waals surface area contributed by atoms with Gasteiger partial charge in [0.1, 0.15) is 5.75 Å². The molecule has 0 amide bonds. The van der Waals surface area contributed by atoms with Gasteiger partial charge in [0.05, 0.1) is 7.11 Å². The van der Waals surface area contributed by atoms with Crippen molar-refractivity contribution in [2.45, 2.75) is 52.4 Å². The van der Waals surface area contributed by atoms with Crippen LogP contribution < -0.4 is 4.74 Å². The van der Waals surface area contributed by atoms with Crippen molar-refractivity contribution in [1.82, 2.24) is 0 Å². The van der Waals surface area contributed by atoms with Crippen molar-refractivity contribution in [3.05, 3.63) is 41.0 Å². The molecule has 0 heterocycles. The lowest BCUT2D eigenvalue weighted by Crippen LogP contribution is -2.29. The average Bonchev–Trinajstić information content (AvgIpc) is 2.54. The summed E-state index contributed by atoms with van der Waals surface area (Å²) in [7, 11) is 1.65. The van der Waals surface area contributed by atoms with Gasteiger partial charge in [-0.2, -0.15) is 0 Å². The summed E-state index contributed by atoms with van der Waals surface area (Å²) in [6, 6.07) is 7.56. The fourth-order valence-electron chi connectivity index (χ4n) is 4.13. The molecule has 2 aliphatic carbocycles. The molecule has 22 heavy (non-hydrogen) atoms. The van der Waals surface area contributed by atoms with E-state index in [4.69, 9.17) is 4.74 Å². The van der Waals surface area contributed by atoms with Crippen LogP contribution in [0, 0.1) is 11.3 Å². The molecule has 0 saturated heterocycles. The molecular weight excluding hydrogens is 272 g/mol. The van der Waals surface area contributed by atoms with E-state index in [0.29, 0.717) is 5.78 Å². The Kier molecular flexibility index (Phi) is 4.12. The van der Waals surface area contributed by atoms with Gasteiger partial charge in [-0.15, -0.1) is 0 Å². The second-order valence-electron chi connectivity index (χ2n) is 7.35. The Balaban J connectivity index is 1.79. The molecule has 2 nitrogen and oxygen atoms in total. The van der Waals surface area contributed by atoms with Crippen LogP contribution in [0.3, 0.4) is 0 Å². The number of carbonyl (C=O) groups excluding carboxylic acids is 1. The lowest BCUT2D eigenvalue weighted by molar-refractivity contribution is 0.0901. The van der Waals surface area contributed by atoms with Crippen LogP contribution in [0.15, 0.2) is 35.4 Å². The van der Waals surface area contributed by atoms with Crippen LogP contribution in [0.4, 0.5) is 0 Å². The van der Waals surface area contributed by atoms with Gasteiger partial charge in [-0.05, 0) is 68.2 Å². The third-order valence-electron chi connectivity index (χ3n) is 5.51. The quantitative estimate of drug-likeness (QED) is 0.567. The Hall–Kier alpha value is -1.57. The molecule has 0 aromatic heterocycles. The van der Waals surface area contributed by atoms with Crippen LogP contribution in [-0.4, -0.2) is 12.9 Å². The maximum atomic E-state index is 12.8. The zero-order valence-electron chi connectivity index (χ0n) is 13.9. The van der Waals surface area contributed by atoms with Crippen LogP contribution >= 0.6 is 0 Å². The second-order valence-corrected chi connectivity index (χ2v) is 7.35. The van der Waals surface area contributed by atoms with E-state index in [1.807, 2.05) is 24.3 Å². The van der Waals surface area contributed by atoms with Gasteiger partial charge in [0.15, 0.2) is 5.78 Å². The van der Waals surface area contributed by atoms with Gasteiger partial charge in [0.2, 0.25) is 0 Å². The van der Waals surface area contributed by atoms with Crippen molar-refractivity contribution >= 4 is 5.78 Å². The number of rotatable bonds is 3. The highest BCUT2D eigenvalue weighted by molar-refractivity contribution is 5.98. The third kappa shape index (κ3) is 2.84. The Morgan fingerprint density at radius 3 is 2.59 bits per heavy atom. The fraction of sp³-hybridized carbons (Fsp3) is 0.550. The highest BCUT2D eigenvalue weighted by Crippen LogP contribution is 2.48. The zero-order valence-corrected chi connectivity index (χ0v) is 13.9. The molecule has 0 aliphatic heterocycles. The zero-order chi connectivity index (χ0) is 15.7. The Morgan fingerprint density at radius 1 is 1.18 bits per heavy atom. The van der Waals surface area contributed by atoms with E-state index in [1.54, 1.807) is 18.3 Å². The maximum absolute atomic E-state index is 12.8. The Labute approximate surface area is 133 Å². The van der Waals surface area contributed by atoms with Crippen molar-refractivity contribution < 1.29 is 9.53 Å². The number of allylic oxidation sites excluding steroid dienone is 2. The minimum Gasteiger partial charge on any atom is -0.497 e. The van der Waals surface area contributed by atoms with E-state index in [1.165, 1.54) is 19.3 Å². The Bertz CT molecular complexity index is 593. The summed E-state index contributed by atoms with van der Waals surface area (Å²) < 4.78 is 5.17. The summed E-state index contributed by atoms with van der Waals surface area (Å²) >= 11 is 0. The number of ketones is 1. The first-order valence-corrected chi connectivity index (χ1v) is 8.41. The first-order chi connectivity index (χ1) is 10.5. The lowest BCUT2D eigenvalue weighted by atomic mass is 9.65. The van der Waals surface area contributed by atoms with E-state index >= 15 is 0 Å². The molecule has 0 radical (unpaired) electrons. The van der Waals surface area contributed by atoms with Gasteiger partial charge in [0, 0.05) is 11.5 Å². The van der Waals surface area contributed by atoms with Gasteiger partial charge >= 0.3 is 0 Å². The number of carbonyl (C=O) groups is 1. The molecule has 0 bridgehead atoms. The molecule has 1 aromatic carbocycles. The highest BCUT2D eigenvalue weighted by atomic mass is 16.5. The highest BCUT2D eigenvalue weighted by Gasteiger charge is 2.36. The summed E-state index contributed by atoms with van der Waals surface area (Å²) in [4.78, 5) is 12.8. The van der Waals surface area contributed by atoms with Crippen LogP contribution in [0.2, 0.25) is 0 Å². The first-order valence-electron chi connectivity index (χ1n) is 8.41. The SMILES string of the molecule is COc1ccc(C(=O)C2CCC3=C(C2)C(C)(C)CCC3)cc1. The van der Waals surface area contributed by atoms with Crippen molar-refractivity contribution in [1.29, 1.82) is 0 Å². The summed E-state index contributed by atoms with van der Waals surface area (Å²) in [5, 5.41) is 0. The van der Waals surface area contributed by atoms with Crippen LogP contribution in [-0.2, 0) is 0 Å². The number of ether oxygens (including phenoxy) is 1. The predicted molar refractivity (Wildman–Crippen MR) is 89.3 cm³/mol. The van der Waals surface area contributed by atoms with Crippen molar-refractivity contribution in [2.24, 2.45) is 11.3 Å². The monoisotopic (exact) mass is 298 g/mol. The largest absolute Gasteiger partial charge is 0.497 e. The molecule has 1 atom stereocenters. The normalized spacial score (nSPS) is 23.9. The van der Waals surface area contributed by atoms with Gasteiger partial charge in [-0.1, -0.05) is 25.0 Å². The first kappa shape index (κ1) is 15.3. The molecule has 0 spiro atoms. The summed E-state index contributed by atoms with van der Waals surface area (Å²) in [5.41, 5.74) is 4.34. The van der Waals surface area contributed by atoms with E-state index in [9.17, 15) is 4.79 Å². The minimum absolute atomic E-state index is 0.157. The van der Waals surface area contributed by atoms with Gasteiger partial charge in [0.25, 0.3) is 0 Å². The van der Waals surface area contributed by atoms with Crippen molar-refractivity contribution in [2.75, 3.05) is 7.11 Å². The molecule has 0 fully saturated rings. The topological polar surface area (TPSA) is 26.3 Å². The molecular formula is C20H26O2. The third-order valence-corrected chi connectivity index (χ3v) is 5.51. The molecule has 3 rings (SSSR count). The van der Waals surface area contributed by atoms with Gasteiger partial charge in [-0.25, -0.2) is 0 Å². The number of hydrogen-bond acceptors (Lipinski definition) is 2. The van der Waals surface area contributed by atoms with Crippen LogP contribution in [0.25, 0.3) is 0 Å². The van der Waals surface area contributed by atoms with E-state index < -0.39 is 0 Å². The average molecular weight is 298 g/mol. The van der Waals surface area contributed by atoms with Crippen LogP contribution in [0.5, 0.6) is 5.75 Å². The number of hydrogen-bond donors (Lipinski definition) is 0. The van der Waals surface area contributed by atoms with Crippen molar-refractivity contribution in [3.8, 4) is 5.75 Å². The molecule has 0 N–H and O–H groups in total. The maximum Gasteiger partial charge on any atom is 0.166 e. The van der Waals surface area contributed by atoms with Crippen LogP contribution in [0.1, 0.15) is 62.7 Å². The van der Waals surface area contributed by atoms with Crippen molar-refractivity contribution in [3.63, 3.8) is 0 Å². The molecule has 2 heteroatoms. The van der Waals surface area contributed by atoms with Gasteiger partial charge < -0.3 is 4.74 Å². The van der Waals surface area contributed by atoms with Gasteiger partial charge in [-0.3, -0.25) is 4.79 Å². The smallest absolute Gasteiger partial charge is 0.166 e. The predicted octanol–water partition coefficient (Wildman–Crippen LogP) is 5.18. The van der Waals surface area contributed by atoms with E-state index in [0.717, 1.165) is 30.6 Å². The fourth-order valence-corrected chi connectivity index (χ4v) is 4.13. The molecule has 118 valence electrons. The lowest BCUT2D eigenvalue weighted by Gasteiger charge is -2.40. The number of methoxy groups -OCH3 is 1. The molecule has 0 saturated carbocycles. The summed E-state index contributed by atoms with van der Waals surface area (Å²) in [6.45, 7) is 4.70. The minimum atomic E-state index is 0.157. The number of Topliss-reactive ketones (excluding diaryl/α,β-unsaturated/α-hetero) is 1. The standard InChI is InChI=1S/C20H26O2/c1-20(2)12-4-5-14-6-7-16(13-18(14)20)19(21)15-8-10-17(22-3)11-9-15/h8-11,16H,4-7,12-13H2,1-3H3. The number of benzene rings is 1. The summed E-state index contributed by atoms with van der Waals surface area (Å²) in [6.07, 6.45) is 6.92. The Morgan fingerprint density at radius 2 is 1.91 bits per heavy atom. The molecule has 1 aromatic rings. The van der Waals surface area contributed by atoms with E-state index in [2.05, 4.69) is 13.8 Å². The molecule has 1 unspecified atom stereocenters. The van der Waals surface area contributed by atoms with E-state index in [-0.39, 0.29) is 11.3 Å². The molecule has 2 aliphatic rings.